The molecule has 0 amide bonds. The zero-order chi connectivity index (χ0) is 21.8. The highest BCUT2D eigenvalue weighted by Crippen LogP contribution is 2.36. The SMILES string of the molecule is N#C/C(=C\c1ccc(Oc2ccccc2Cl)c([N+](=O)[O-])c1)c1nnc2n1CCCCC2. The van der Waals surface area contributed by atoms with Crippen LogP contribution < -0.4 is 4.74 Å². The maximum Gasteiger partial charge on any atom is 0.312 e. The second kappa shape index (κ2) is 8.98. The zero-order valence-corrected chi connectivity index (χ0v) is 17.2. The lowest BCUT2D eigenvalue weighted by atomic mass is 10.1. The smallest absolute Gasteiger partial charge is 0.312 e. The molecule has 2 heterocycles. The van der Waals surface area contributed by atoms with Crippen molar-refractivity contribution in [2.75, 3.05) is 0 Å². The van der Waals surface area contributed by atoms with E-state index in [9.17, 15) is 15.4 Å². The molecular formula is C22H18ClN5O3. The van der Waals surface area contributed by atoms with Crippen molar-refractivity contribution in [1.29, 1.82) is 5.26 Å². The first-order valence-electron chi connectivity index (χ1n) is 9.82. The average molecular weight is 436 g/mol. The molecule has 0 saturated carbocycles. The minimum atomic E-state index is -0.529. The number of nitro benzene ring substituents is 1. The van der Waals surface area contributed by atoms with Gasteiger partial charge in [-0.2, -0.15) is 5.26 Å². The van der Waals surface area contributed by atoms with E-state index < -0.39 is 4.92 Å². The number of hydrogen-bond acceptors (Lipinski definition) is 6. The Balaban J connectivity index is 1.70. The number of nitro groups is 1. The average Bonchev–Trinajstić information content (AvgIpc) is 3.01. The van der Waals surface area contributed by atoms with E-state index in [4.69, 9.17) is 16.3 Å². The third kappa shape index (κ3) is 4.42. The van der Waals surface area contributed by atoms with Crippen molar-refractivity contribution in [2.45, 2.75) is 32.2 Å². The summed E-state index contributed by atoms with van der Waals surface area (Å²) in [4.78, 5) is 11.1. The van der Waals surface area contributed by atoms with E-state index in [2.05, 4.69) is 16.3 Å². The highest BCUT2D eigenvalue weighted by molar-refractivity contribution is 6.32. The van der Waals surface area contributed by atoms with E-state index in [1.807, 2.05) is 4.57 Å². The van der Waals surface area contributed by atoms with Gasteiger partial charge in [-0.3, -0.25) is 10.1 Å². The standard InChI is InChI=1S/C22H18ClN5O3/c23-17-6-3-4-7-19(17)31-20-10-9-15(13-18(20)28(29)30)12-16(14-24)22-26-25-21-8-2-1-5-11-27(21)22/h3-4,6-7,9-10,12-13H,1-2,5,8,11H2/b16-12+. The molecule has 1 aliphatic heterocycles. The third-order valence-electron chi connectivity index (χ3n) is 5.02. The largest absolute Gasteiger partial charge is 0.449 e. The number of nitrogens with zero attached hydrogens (tertiary/aromatic N) is 5. The Hall–Kier alpha value is -3.70. The molecule has 4 rings (SSSR count). The maximum absolute atomic E-state index is 11.6. The number of allylic oxidation sites excluding steroid dienone is 1. The van der Waals surface area contributed by atoms with Crippen molar-refractivity contribution in [3.05, 3.63) is 74.8 Å². The highest BCUT2D eigenvalue weighted by atomic mass is 35.5. The van der Waals surface area contributed by atoms with Crippen LogP contribution in [0.3, 0.4) is 0 Å². The maximum atomic E-state index is 11.6. The molecule has 2 aromatic carbocycles. The molecule has 0 aliphatic carbocycles. The van der Waals surface area contributed by atoms with Crippen molar-refractivity contribution in [1.82, 2.24) is 14.8 Å². The number of ether oxygens (including phenoxy) is 1. The molecule has 0 fully saturated rings. The van der Waals surface area contributed by atoms with Gasteiger partial charge in [0.1, 0.15) is 17.6 Å². The summed E-state index contributed by atoms with van der Waals surface area (Å²) in [5.41, 5.74) is 0.557. The molecular weight excluding hydrogens is 418 g/mol. The van der Waals surface area contributed by atoms with Crippen molar-refractivity contribution in [3.63, 3.8) is 0 Å². The van der Waals surface area contributed by atoms with Crippen LogP contribution in [0.1, 0.15) is 36.5 Å². The Labute approximate surface area is 183 Å². The Morgan fingerprint density at radius 3 is 2.81 bits per heavy atom. The van der Waals surface area contributed by atoms with E-state index in [1.165, 1.54) is 12.1 Å². The molecule has 0 unspecified atom stereocenters. The van der Waals surface area contributed by atoms with Crippen molar-refractivity contribution in [3.8, 4) is 17.6 Å². The van der Waals surface area contributed by atoms with Crippen molar-refractivity contribution >= 4 is 28.9 Å². The fourth-order valence-corrected chi connectivity index (χ4v) is 3.67. The molecule has 1 aliphatic rings. The van der Waals surface area contributed by atoms with Gasteiger partial charge < -0.3 is 9.30 Å². The summed E-state index contributed by atoms with van der Waals surface area (Å²) in [6, 6.07) is 13.4. The topological polar surface area (TPSA) is 107 Å². The molecule has 0 N–H and O–H groups in total. The third-order valence-corrected chi connectivity index (χ3v) is 5.33. The molecule has 0 radical (unpaired) electrons. The number of halogens is 1. The minimum Gasteiger partial charge on any atom is -0.449 e. The highest BCUT2D eigenvalue weighted by Gasteiger charge is 2.20. The molecule has 0 bridgehead atoms. The van der Waals surface area contributed by atoms with Gasteiger partial charge >= 0.3 is 5.69 Å². The van der Waals surface area contributed by atoms with E-state index in [0.717, 1.165) is 38.1 Å². The minimum absolute atomic E-state index is 0.0603. The lowest BCUT2D eigenvalue weighted by molar-refractivity contribution is -0.385. The molecule has 8 nitrogen and oxygen atoms in total. The lowest BCUT2D eigenvalue weighted by Gasteiger charge is -2.09. The number of benzene rings is 2. The van der Waals surface area contributed by atoms with Crippen LogP contribution >= 0.6 is 11.6 Å². The van der Waals surface area contributed by atoms with Crippen LogP contribution in [0.25, 0.3) is 11.6 Å². The van der Waals surface area contributed by atoms with Crippen LogP contribution in [0, 0.1) is 21.4 Å². The quantitative estimate of drug-likeness (QED) is 0.300. The van der Waals surface area contributed by atoms with Crippen LogP contribution in [0.15, 0.2) is 42.5 Å². The molecule has 1 aromatic heterocycles. The molecule has 156 valence electrons. The van der Waals surface area contributed by atoms with E-state index >= 15 is 0 Å². The normalized spacial score (nSPS) is 13.7. The zero-order valence-electron chi connectivity index (χ0n) is 16.5. The van der Waals surface area contributed by atoms with Crippen LogP contribution in [0.5, 0.6) is 11.5 Å². The van der Waals surface area contributed by atoms with Gasteiger partial charge in [-0.25, -0.2) is 0 Å². The summed E-state index contributed by atoms with van der Waals surface area (Å²) in [5, 5.41) is 30.1. The van der Waals surface area contributed by atoms with Gasteiger partial charge in [0.2, 0.25) is 5.75 Å². The number of para-hydroxylation sites is 1. The monoisotopic (exact) mass is 435 g/mol. The predicted octanol–water partition coefficient (Wildman–Crippen LogP) is 5.42. The van der Waals surface area contributed by atoms with Gasteiger partial charge in [-0.15, -0.1) is 10.2 Å². The summed E-state index contributed by atoms with van der Waals surface area (Å²) in [5.74, 6) is 1.73. The summed E-state index contributed by atoms with van der Waals surface area (Å²) in [6.07, 6.45) is 5.55. The molecule has 0 spiro atoms. The fraction of sp³-hybridized carbons (Fsp3) is 0.227. The fourth-order valence-electron chi connectivity index (χ4n) is 3.50. The number of rotatable bonds is 5. The second-order valence-electron chi connectivity index (χ2n) is 7.09. The molecule has 3 aromatic rings. The summed E-state index contributed by atoms with van der Waals surface area (Å²) in [7, 11) is 0. The van der Waals surface area contributed by atoms with Gasteiger partial charge in [-0.05, 0) is 42.7 Å². The Morgan fingerprint density at radius 2 is 2.03 bits per heavy atom. The number of aryl methyl sites for hydroxylation is 1. The second-order valence-corrected chi connectivity index (χ2v) is 7.50. The van der Waals surface area contributed by atoms with Crippen LogP contribution in [0.4, 0.5) is 5.69 Å². The summed E-state index contributed by atoms with van der Waals surface area (Å²) < 4.78 is 7.63. The van der Waals surface area contributed by atoms with Crippen molar-refractivity contribution < 1.29 is 9.66 Å². The molecule has 0 atom stereocenters. The van der Waals surface area contributed by atoms with Crippen LogP contribution in [-0.4, -0.2) is 19.7 Å². The van der Waals surface area contributed by atoms with E-state index in [1.54, 1.807) is 36.4 Å². The first-order chi connectivity index (χ1) is 15.1. The van der Waals surface area contributed by atoms with Crippen LogP contribution in [-0.2, 0) is 13.0 Å². The molecule has 9 heteroatoms. The Morgan fingerprint density at radius 1 is 1.19 bits per heavy atom. The first-order valence-corrected chi connectivity index (χ1v) is 10.2. The van der Waals surface area contributed by atoms with Gasteiger partial charge in [0.25, 0.3) is 0 Å². The molecule has 31 heavy (non-hydrogen) atoms. The Kier molecular flexibility index (Phi) is 5.96. The number of fused-ring (bicyclic) bond motifs is 1. The Bertz CT molecular complexity index is 1210. The van der Waals surface area contributed by atoms with E-state index in [-0.39, 0.29) is 11.4 Å². The summed E-state index contributed by atoms with van der Waals surface area (Å²) >= 11 is 6.10. The van der Waals surface area contributed by atoms with Crippen LogP contribution in [0.2, 0.25) is 5.02 Å². The van der Waals surface area contributed by atoms with Gasteiger partial charge in [0, 0.05) is 19.0 Å². The summed E-state index contributed by atoms with van der Waals surface area (Å²) in [6.45, 7) is 0.751. The lowest BCUT2D eigenvalue weighted by Crippen LogP contribution is -2.05. The number of aromatic nitrogens is 3. The first kappa shape index (κ1) is 20.6. The van der Waals surface area contributed by atoms with E-state index in [0.29, 0.717) is 27.7 Å². The van der Waals surface area contributed by atoms with Gasteiger partial charge in [0.15, 0.2) is 5.82 Å². The van der Waals surface area contributed by atoms with Gasteiger partial charge in [-0.1, -0.05) is 36.2 Å². The van der Waals surface area contributed by atoms with Gasteiger partial charge in [0.05, 0.1) is 15.5 Å². The van der Waals surface area contributed by atoms with Crippen molar-refractivity contribution in [2.24, 2.45) is 0 Å². The number of hydrogen-bond donors (Lipinski definition) is 0. The number of nitriles is 1. The molecule has 0 saturated heterocycles. The predicted molar refractivity (Wildman–Crippen MR) is 116 cm³/mol.